The molecule has 0 radical (unpaired) electrons. The number of benzene rings is 1. The van der Waals surface area contributed by atoms with Gasteiger partial charge in [0.1, 0.15) is 16.8 Å². The largest absolute Gasteiger partial charge is 0.459 e. The number of nitrogens with zero attached hydrogens (tertiary/aromatic N) is 2. The van der Waals surface area contributed by atoms with E-state index in [-0.39, 0.29) is 43.7 Å². The fourth-order valence-electron chi connectivity index (χ4n) is 3.92. The summed E-state index contributed by atoms with van der Waals surface area (Å²) in [5.74, 6) is -1.61. The maximum atomic E-state index is 14.4. The molecule has 0 spiro atoms. The second-order valence-corrected chi connectivity index (χ2v) is 9.54. The molecule has 2 fully saturated rings. The van der Waals surface area contributed by atoms with Crippen LogP contribution < -0.4 is 5.32 Å². The number of likely N-dealkylation sites (tertiary alicyclic amines) is 1. The Bertz CT molecular complexity index is 1080. The highest BCUT2D eigenvalue weighted by Gasteiger charge is 2.34. The predicted octanol–water partition coefficient (Wildman–Crippen LogP) is 2.07. The molecule has 11 heteroatoms. The van der Waals surface area contributed by atoms with Crippen molar-refractivity contribution < 1.29 is 31.6 Å². The van der Waals surface area contributed by atoms with Gasteiger partial charge in [0.05, 0.1) is 19.5 Å². The van der Waals surface area contributed by atoms with E-state index < -0.39 is 32.7 Å². The van der Waals surface area contributed by atoms with Crippen LogP contribution in [0.4, 0.5) is 10.1 Å². The number of ether oxygens (including phenoxy) is 1. The normalized spacial score (nSPS) is 20.2. The van der Waals surface area contributed by atoms with Crippen LogP contribution in [-0.2, 0) is 19.6 Å². The van der Waals surface area contributed by atoms with Crippen LogP contribution in [0.1, 0.15) is 29.8 Å². The van der Waals surface area contributed by atoms with Gasteiger partial charge in [-0.2, -0.15) is 4.31 Å². The van der Waals surface area contributed by atoms with Gasteiger partial charge in [0.2, 0.25) is 15.9 Å². The summed E-state index contributed by atoms with van der Waals surface area (Å²) in [5, 5.41) is 2.65. The number of hydrogen-bond acceptors (Lipinski definition) is 6. The SMILES string of the molecule is O=C(Nc1ccc(F)c(S(=O)(=O)N2CCOCC2)c1)C1CCCCN1C(=O)c1ccco1. The molecule has 1 unspecified atom stereocenters. The number of halogens is 1. The fourth-order valence-corrected chi connectivity index (χ4v) is 5.42. The third-order valence-electron chi connectivity index (χ3n) is 5.58. The summed E-state index contributed by atoms with van der Waals surface area (Å²) in [5.41, 5.74) is 0.138. The number of carbonyl (C=O) groups is 2. The van der Waals surface area contributed by atoms with E-state index in [4.69, 9.17) is 9.15 Å². The number of carbonyl (C=O) groups excluding carboxylic acids is 2. The summed E-state index contributed by atoms with van der Waals surface area (Å²) in [6.07, 6.45) is 3.37. The summed E-state index contributed by atoms with van der Waals surface area (Å²) < 4.78 is 51.7. The number of piperidine rings is 1. The molecule has 2 aliphatic heterocycles. The quantitative estimate of drug-likeness (QED) is 0.724. The highest BCUT2D eigenvalue weighted by molar-refractivity contribution is 7.89. The monoisotopic (exact) mass is 465 g/mol. The molecule has 2 amide bonds. The number of amides is 2. The molecular weight excluding hydrogens is 441 g/mol. The van der Waals surface area contributed by atoms with Gasteiger partial charge in [-0.15, -0.1) is 0 Å². The second kappa shape index (κ2) is 9.39. The molecule has 3 heterocycles. The lowest BCUT2D eigenvalue weighted by Crippen LogP contribution is -2.50. The first-order chi connectivity index (χ1) is 15.4. The fraction of sp³-hybridized carbons (Fsp3) is 0.429. The van der Waals surface area contributed by atoms with Crippen molar-refractivity contribution in [3.63, 3.8) is 0 Å². The molecule has 32 heavy (non-hydrogen) atoms. The second-order valence-electron chi connectivity index (χ2n) is 7.64. The molecule has 0 saturated carbocycles. The molecule has 1 aromatic heterocycles. The van der Waals surface area contributed by atoms with Crippen LogP contribution in [0.25, 0.3) is 0 Å². The van der Waals surface area contributed by atoms with Gasteiger partial charge >= 0.3 is 0 Å². The average molecular weight is 466 g/mol. The lowest BCUT2D eigenvalue weighted by molar-refractivity contribution is -0.121. The summed E-state index contributed by atoms with van der Waals surface area (Å²) in [4.78, 5) is 26.7. The van der Waals surface area contributed by atoms with E-state index >= 15 is 0 Å². The van der Waals surface area contributed by atoms with E-state index in [9.17, 15) is 22.4 Å². The maximum absolute atomic E-state index is 14.4. The molecule has 2 aromatic rings. The van der Waals surface area contributed by atoms with Crippen molar-refractivity contribution in [2.45, 2.75) is 30.2 Å². The molecule has 0 aliphatic carbocycles. The smallest absolute Gasteiger partial charge is 0.290 e. The van der Waals surface area contributed by atoms with E-state index in [2.05, 4.69) is 5.32 Å². The average Bonchev–Trinajstić information content (AvgIpc) is 3.35. The van der Waals surface area contributed by atoms with Crippen LogP contribution in [0.15, 0.2) is 45.9 Å². The zero-order valence-corrected chi connectivity index (χ0v) is 18.1. The number of sulfonamides is 1. The number of anilines is 1. The highest BCUT2D eigenvalue weighted by atomic mass is 32.2. The van der Waals surface area contributed by atoms with Crippen molar-refractivity contribution in [1.29, 1.82) is 0 Å². The Balaban J connectivity index is 1.54. The van der Waals surface area contributed by atoms with Crippen molar-refractivity contribution in [1.82, 2.24) is 9.21 Å². The molecule has 172 valence electrons. The van der Waals surface area contributed by atoms with Crippen LogP contribution in [0, 0.1) is 5.82 Å². The number of rotatable bonds is 5. The summed E-state index contributed by atoms with van der Waals surface area (Å²) >= 11 is 0. The topological polar surface area (TPSA) is 109 Å². The van der Waals surface area contributed by atoms with Crippen molar-refractivity contribution in [3.05, 3.63) is 48.2 Å². The molecule has 1 N–H and O–H groups in total. The molecule has 2 aliphatic rings. The maximum Gasteiger partial charge on any atom is 0.290 e. The van der Waals surface area contributed by atoms with E-state index in [0.29, 0.717) is 13.0 Å². The third-order valence-corrected chi connectivity index (χ3v) is 7.50. The molecule has 9 nitrogen and oxygen atoms in total. The van der Waals surface area contributed by atoms with Gasteiger partial charge in [-0.1, -0.05) is 0 Å². The van der Waals surface area contributed by atoms with Crippen LogP contribution in [-0.4, -0.2) is 68.3 Å². The molecule has 2 saturated heterocycles. The summed E-state index contributed by atoms with van der Waals surface area (Å²) in [7, 11) is -4.08. The minimum Gasteiger partial charge on any atom is -0.459 e. The predicted molar refractivity (Wildman–Crippen MR) is 112 cm³/mol. The molecule has 0 bridgehead atoms. The zero-order valence-electron chi connectivity index (χ0n) is 17.3. The van der Waals surface area contributed by atoms with Crippen molar-refractivity contribution in [2.75, 3.05) is 38.2 Å². The lowest BCUT2D eigenvalue weighted by atomic mass is 10.0. The third kappa shape index (κ3) is 4.54. The summed E-state index contributed by atoms with van der Waals surface area (Å²) in [6, 6.07) is 5.81. The molecular formula is C21H24FN3O6S. The van der Waals surface area contributed by atoms with Crippen LogP contribution in [0.3, 0.4) is 0 Å². The van der Waals surface area contributed by atoms with Gasteiger partial charge in [-0.3, -0.25) is 9.59 Å². The van der Waals surface area contributed by atoms with Crippen LogP contribution in [0.2, 0.25) is 0 Å². The molecule has 4 rings (SSSR count). The van der Waals surface area contributed by atoms with E-state index in [0.717, 1.165) is 29.3 Å². The van der Waals surface area contributed by atoms with E-state index in [1.165, 1.54) is 23.3 Å². The van der Waals surface area contributed by atoms with E-state index in [1.54, 1.807) is 6.07 Å². The first-order valence-electron chi connectivity index (χ1n) is 10.4. The van der Waals surface area contributed by atoms with Crippen molar-refractivity contribution in [3.8, 4) is 0 Å². The van der Waals surface area contributed by atoms with Gasteiger partial charge in [-0.05, 0) is 49.6 Å². The van der Waals surface area contributed by atoms with Crippen LogP contribution in [0.5, 0.6) is 0 Å². The Morgan fingerprint density at radius 1 is 1.09 bits per heavy atom. The Hall–Kier alpha value is -2.76. The van der Waals surface area contributed by atoms with Gasteiger partial charge in [0.25, 0.3) is 5.91 Å². The Morgan fingerprint density at radius 2 is 1.88 bits per heavy atom. The zero-order chi connectivity index (χ0) is 22.7. The summed E-state index contributed by atoms with van der Waals surface area (Å²) in [6.45, 7) is 1.13. The highest BCUT2D eigenvalue weighted by Crippen LogP contribution is 2.26. The Labute approximate surface area is 185 Å². The number of nitrogens with one attached hydrogen (secondary N) is 1. The van der Waals surface area contributed by atoms with Gasteiger partial charge in [-0.25, -0.2) is 12.8 Å². The van der Waals surface area contributed by atoms with Gasteiger partial charge in [0.15, 0.2) is 5.76 Å². The first-order valence-corrected chi connectivity index (χ1v) is 11.8. The molecule has 1 atom stereocenters. The standard InChI is InChI=1S/C21H24FN3O6S/c22-16-7-6-15(14-19(16)32(28,29)24-9-12-30-13-10-24)23-20(26)17-4-1-2-8-25(17)21(27)18-5-3-11-31-18/h3,5-7,11,14,17H,1-2,4,8-10,12-13H2,(H,23,26). The lowest BCUT2D eigenvalue weighted by Gasteiger charge is -2.34. The number of morpholine rings is 1. The Morgan fingerprint density at radius 3 is 2.59 bits per heavy atom. The Kier molecular flexibility index (Phi) is 6.58. The minimum absolute atomic E-state index is 0.129. The van der Waals surface area contributed by atoms with Gasteiger partial charge in [0, 0.05) is 25.3 Å². The van der Waals surface area contributed by atoms with Crippen LogP contribution >= 0.6 is 0 Å². The number of hydrogen-bond donors (Lipinski definition) is 1. The van der Waals surface area contributed by atoms with E-state index in [1.807, 2.05) is 0 Å². The van der Waals surface area contributed by atoms with Gasteiger partial charge < -0.3 is 19.4 Å². The van der Waals surface area contributed by atoms with Crippen molar-refractivity contribution in [2.24, 2.45) is 0 Å². The molecule has 1 aromatic carbocycles. The van der Waals surface area contributed by atoms with Crippen molar-refractivity contribution >= 4 is 27.5 Å². The minimum atomic E-state index is -4.08. The first kappa shape index (κ1) is 22.4. The number of furan rings is 1.